The molecule has 0 N–H and O–H groups in total. The third kappa shape index (κ3) is 2.73. The van der Waals surface area contributed by atoms with Gasteiger partial charge in [0.1, 0.15) is 5.75 Å². The summed E-state index contributed by atoms with van der Waals surface area (Å²) in [5.74, 6) is -0.398. The van der Waals surface area contributed by atoms with Crippen molar-refractivity contribution in [3.05, 3.63) is 84.4 Å². The zero-order valence-corrected chi connectivity index (χ0v) is 16.6. The maximum Gasteiger partial charge on any atom is 0.343 e. The van der Waals surface area contributed by atoms with E-state index in [1.165, 1.54) is 4.90 Å². The van der Waals surface area contributed by atoms with Crippen LogP contribution in [0.2, 0.25) is 0 Å². The van der Waals surface area contributed by atoms with Crippen LogP contribution in [0.4, 0.5) is 5.69 Å². The minimum Gasteiger partial charge on any atom is -0.423 e. The van der Waals surface area contributed by atoms with Crippen LogP contribution in [0.15, 0.2) is 78.9 Å². The molecule has 4 atom stereocenters. The molecule has 0 radical (unpaired) electrons. The van der Waals surface area contributed by atoms with Crippen LogP contribution >= 0.6 is 0 Å². The molecule has 1 saturated carbocycles. The predicted octanol–water partition coefficient (Wildman–Crippen LogP) is 4.37. The number of hydrogen-bond acceptors (Lipinski definition) is 4. The van der Waals surface area contributed by atoms with Crippen LogP contribution in [-0.4, -0.2) is 17.8 Å². The molecule has 3 aliphatic rings. The molecule has 5 nitrogen and oxygen atoms in total. The Morgan fingerprint density at radius 2 is 1.45 bits per heavy atom. The highest BCUT2D eigenvalue weighted by Crippen LogP contribution is 2.53. The lowest BCUT2D eigenvalue weighted by Crippen LogP contribution is -2.32. The molecule has 31 heavy (non-hydrogen) atoms. The van der Waals surface area contributed by atoms with E-state index in [2.05, 4.69) is 12.2 Å². The number of esters is 1. The fourth-order valence-electron chi connectivity index (χ4n) is 5.30. The number of ether oxygens (including phenoxy) is 1. The van der Waals surface area contributed by atoms with E-state index < -0.39 is 5.97 Å². The first-order chi connectivity index (χ1) is 15.1. The summed E-state index contributed by atoms with van der Waals surface area (Å²) < 4.78 is 5.52. The highest BCUT2D eigenvalue weighted by molar-refractivity contribution is 6.22. The quantitative estimate of drug-likeness (QED) is 0.279. The third-order valence-electron chi connectivity index (χ3n) is 6.76. The molecule has 1 aliphatic heterocycles. The number of nitrogens with zero attached hydrogens (tertiary/aromatic N) is 1. The van der Waals surface area contributed by atoms with E-state index in [9.17, 15) is 14.4 Å². The number of allylic oxidation sites excluding steroid dienone is 2. The Labute approximate surface area is 178 Å². The molecule has 152 valence electrons. The number of amides is 2. The normalized spacial score (nSPS) is 26.0. The van der Waals surface area contributed by atoms with Crippen LogP contribution < -0.4 is 9.64 Å². The summed E-state index contributed by atoms with van der Waals surface area (Å²) in [5.41, 5.74) is 0.865. The Morgan fingerprint density at radius 1 is 0.806 bits per heavy atom. The van der Waals surface area contributed by atoms with E-state index in [-0.39, 0.29) is 35.5 Å². The smallest absolute Gasteiger partial charge is 0.343 e. The average Bonchev–Trinajstić information content (AvgIpc) is 3.47. The third-order valence-corrected chi connectivity index (χ3v) is 6.76. The number of rotatable bonds is 3. The summed E-state index contributed by atoms with van der Waals surface area (Å²) >= 11 is 0. The minimum atomic E-state index is -0.486. The Hall–Kier alpha value is -3.73. The van der Waals surface area contributed by atoms with Crippen LogP contribution in [0.25, 0.3) is 10.8 Å². The maximum absolute atomic E-state index is 12.9. The summed E-state index contributed by atoms with van der Waals surface area (Å²) in [4.78, 5) is 39.7. The zero-order chi connectivity index (χ0) is 21.1. The molecule has 2 bridgehead atoms. The van der Waals surface area contributed by atoms with E-state index in [1.54, 1.807) is 30.3 Å². The van der Waals surface area contributed by atoms with Crippen LogP contribution in [0.3, 0.4) is 0 Å². The molecule has 2 amide bonds. The largest absolute Gasteiger partial charge is 0.423 e. The van der Waals surface area contributed by atoms with Crippen LogP contribution in [0.5, 0.6) is 5.75 Å². The van der Waals surface area contributed by atoms with Gasteiger partial charge in [-0.3, -0.25) is 14.5 Å². The van der Waals surface area contributed by atoms with Gasteiger partial charge in [-0.2, -0.15) is 0 Å². The second kappa shape index (κ2) is 6.64. The standard InChI is InChI=1S/C26H19NO4/c28-24-22-18-5-6-19(13-18)23(22)25(29)27(24)20-10-7-16(8-11-20)26(30)31-21-12-9-15-3-1-2-4-17(15)14-21/h1-12,14,18-19,22-23H,13H2/t18-,19-,22+,23+/m0/s1. The number of carbonyl (C=O) groups excluding carboxylic acids is 3. The van der Waals surface area contributed by atoms with Gasteiger partial charge in [0.25, 0.3) is 0 Å². The van der Waals surface area contributed by atoms with Gasteiger partial charge in [0.05, 0.1) is 23.1 Å². The second-order valence-corrected chi connectivity index (χ2v) is 8.46. The van der Waals surface area contributed by atoms with Crippen molar-refractivity contribution in [1.82, 2.24) is 0 Å². The first-order valence-electron chi connectivity index (χ1n) is 10.5. The summed E-state index contributed by atoms with van der Waals surface area (Å²) in [5, 5.41) is 2.06. The lowest BCUT2D eigenvalue weighted by atomic mass is 9.85. The molecule has 2 fully saturated rings. The number of imide groups is 1. The fourth-order valence-corrected chi connectivity index (χ4v) is 5.30. The van der Waals surface area contributed by atoms with Gasteiger partial charge in [-0.15, -0.1) is 0 Å². The van der Waals surface area contributed by atoms with Crippen molar-refractivity contribution in [2.75, 3.05) is 4.90 Å². The average molecular weight is 409 g/mol. The highest BCUT2D eigenvalue weighted by atomic mass is 16.5. The first-order valence-corrected chi connectivity index (χ1v) is 10.5. The molecule has 0 aromatic heterocycles. The van der Waals surface area contributed by atoms with Crippen molar-refractivity contribution in [2.45, 2.75) is 6.42 Å². The summed E-state index contributed by atoms with van der Waals surface area (Å²) in [7, 11) is 0. The Morgan fingerprint density at radius 3 is 2.13 bits per heavy atom. The van der Waals surface area contributed by atoms with Crippen LogP contribution in [-0.2, 0) is 9.59 Å². The number of carbonyl (C=O) groups is 3. The van der Waals surface area contributed by atoms with Gasteiger partial charge in [0, 0.05) is 0 Å². The number of anilines is 1. The molecule has 6 rings (SSSR count). The van der Waals surface area contributed by atoms with Crippen molar-refractivity contribution in [3.63, 3.8) is 0 Å². The lowest BCUT2D eigenvalue weighted by Gasteiger charge is -2.17. The number of fused-ring (bicyclic) bond motifs is 6. The molecule has 2 aliphatic carbocycles. The van der Waals surface area contributed by atoms with Crippen LogP contribution in [0.1, 0.15) is 16.8 Å². The van der Waals surface area contributed by atoms with Gasteiger partial charge >= 0.3 is 5.97 Å². The van der Waals surface area contributed by atoms with E-state index >= 15 is 0 Å². The topological polar surface area (TPSA) is 63.7 Å². The number of benzene rings is 3. The molecule has 5 heteroatoms. The Balaban J connectivity index is 1.21. The highest BCUT2D eigenvalue weighted by Gasteiger charge is 2.59. The predicted molar refractivity (Wildman–Crippen MR) is 116 cm³/mol. The molecule has 3 aromatic rings. The van der Waals surface area contributed by atoms with Crippen molar-refractivity contribution in [2.24, 2.45) is 23.7 Å². The molecule has 1 saturated heterocycles. The Kier molecular flexibility index (Phi) is 3.87. The molecule has 0 spiro atoms. The zero-order valence-electron chi connectivity index (χ0n) is 16.6. The van der Waals surface area contributed by atoms with Gasteiger partial charge in [0.15, 0.2) is 0 Å². The van der Waals surface area contributed by atoms with Gasteiger partial charge in [-0.25, -0.2) is 4.79 Å². The molecule has 3 aromatic carbocycles. The molecule has 0 unspecified atom stereocenters. The van der Waals surface area contributed by atoms with E-state index in [0.29, 0.717) is 17.0 Å². The van der Waals surface area contributed by atoms with Crippen molar-refractivity contribution in [3.8, 4) is 5.75 Å². The lowest BCUT2D eigenvalue weighted by molar-refractivity contribution is -0.123. The molecular formula is C26H19NO4. The fraction of sp³-hybridized carbons (Fsp3) is 0.192. The first kappa shape index (κ1) is 18.1. The van der Waals surface area contributed by atoms with Gasteiger partial charge in [-0.1, -0.05) is 42.5 Å². The molecular weight excluding hydrogens is 390 g/mol. The van der Waals surface area contributed by atoms with Crippen LogP contribution in [0, 0.1) is 23.7 Å². The Bertz CT molecular complexity index is 1250. The maximum atomic E-state index is 12.9. The summed E-state index contributed by atoms with van der Waals surface area (Å²) in [6.45, 7) is 0. The van der Waals surface area contributed by atoms with Crippen molar-refractivity contribution >= 4 is 34.2 Å². The summed E-state index contributed by atoms with van der Waals surface area (Å²) in [6, 6.07) is 19.8. The van der Waals surface area contributed by atoms with E-state index in [0.717, 1.165) is 17.2 Å². The van der Waals surface area contributed by atoms with E-state index in [4.69, 9.17) is 4.74 Å². The van der Waals surface area contributed by atoms with Gasteiger partial charge in [0.2, 0.25) is 11.8 Å². The minimum absolute atomic E-state index is 0.127. The molecule has 1 heterocycles. The van der Waals surface area contributed by atoms with Crippen molar-refractivity contribution in [1.29, 1.82) is 0 Å². The number of hydrogen-bond donors (Lipinski definition) is 0. The monoisotopic (exact) mass is 409 g/mol. The van der Waals surface area contributed by atoms with E-state index in [1.807, 2.05) is 36.4 Å². The summed E-state index contributed by atoms with van der Waals surface area (Å²) in [6.07, 6.45) is 5.05. The SMILES string of the molecule is O=C(Oc1ccc2ccccc2c1)c1ccc(N2C(=O)[C@H]3[C@H](C2=O)[C@H]2C=C[C@H]3C2)cc1. The van der Waals surface area contributed by atoms with Gasteiger partial charge in [-0.05, 0) is 65.4 Å². The second-order valence-electron chi connectivity index (χ2n) is 8.46. The van der Waals surface area contributed by atoms with Gasteiger partial charge < -0.3 is 4.74 Å². The van der Waals surface area contributed by atoms with Crippen molar-refractivity contribution < 1.29 is 19.1 Å².